The normalized spacial score (nSPS) is 12.0. The molecule has 1 atom stereocenters. The Morgan fingerprint density at radius 3 is 2.67 bits per heavy atom. The van der Waals surface area contributed by atoms with E-state index in [1.165, 1.54) is 11.3 Å². The third-order valence-electron chi connectivity index (χ3n) is 2.68. The molecule has 0 aliphatic heterocycles. The number of anilines is 1. The lowest BCUT2D eigenvalue weighted by molar-refractivity contribution is -0.115. The Kier molecular flexibility index (Phi) is 5.24. The number of hydrogen-bond donors (Lipinski definition) is 2. The molecule has 1 aromatic heterocycles. The maximum Gasteiger partial charge on any atom is 0.230 e. The van der Waals surface area contributed by atoms with E-state index in [9.17, 15) is 4.79 Å². The van der Waals surface area contributed by atoms with Gasteiger partial charge in [-0.3, -0.25) is 4.79 Å². The number of nitrogens with one attached hydrogen (secondary N) is 1. The van der Waals surface area contributed by atoms with Crippen LogP contribution in [0.15, 0.2) is 24.3 Å². The molecule has 6 nitrogen and oxygen atoms in total. The molecule has 1 unspecified atom stereocenters. The Balaban J connectivity index is 1.91. The second kappa shape index (κ2) is 7.14. The largest absolute Gasteiger partial charge is 0.494 e. The zero-order valence-corrected chi connectivity index (χ0v) is 12.8. The molecule has 2 aromatic rings. The Hall–Kier alpha value is -1.99. The van der Waals surface area contributed by atoms with Crippen LogP contribution in [-0.2, 0) is 11.2 Å². The van der Waals surface area contributed by atoms with Crippen molar-refractivity contribution in [3.8, 4) is 5.75 Å². The smallest absolute Gasteiger partial charge is 0.230 e. The molecule has 0 saturated heterocycles. The highest BCUT2D eigenvalue weighted by molar-refractivity contribution is 7.15. The standard InChI is InChI=1S/C14H18N4O2S/c1-3-20-11-6-4-10(5-7-11)8-12(19)16-14-18-17-13(21-14)9(2)15/h4-7,9H,3,8,15H2,1-2H3,(H,16,18,19). The van der Waals surface area contributed by atoms with Crippen molar-refractivity contribution in [2.45, 2.75) is 26.3 Å². The molecule has 1 amide bonds. The van der Waals surface area contributed by atoms with Gasteiger partial charge in [0.2, 0.25) is 11.0 Å². The molecule has 112 valence electrons. The lowest BCUT2D eigenvalue weighted by Gasteiger charge is -2.05. The van der Waals surface area contributed by atoms with Crippen molar-refractivity contribution in [3.05, 3.63) is 34.8 Å². The molecular weight excluding hydrogens is 288 g/mol. The van der Waals surface area contributed by atoms with E-state index in [0.29, 0.717) is 16.7 Å². The van der Waals surface area contributed by atoms with E-state index in [-0.39, 0.29) is 18.4 Å². The van der Waals surface area contributed by atoms with E-state index in [4.69, 9.17) is 10.5 Å². The number of amides is 1. The fourth-order valence-electron chi connectivity index (χ4n) is 1.69. The average molecular weight is 306 g/mol. The van der Waals surface area contributed by atoms with Crippen molar-refractivity contribution in [3.63, 3.8) is 0 Å². The summed E-state index contributed by atoms with van der Waals surface area (Å²) in [6.45, 7) is 4.38. The monoisotopic (exact) mass is 306 g/mol. The van der Waals surface area contributed by atoms with Crippen molar-refractivity contribution in [1.29, 1.82) is 0 Å². The minimum Gasteiger partial charge on any atom is -0.494 e. The van der Waals surface area contributed by atoms with Gasteiger partial charge < -0.3 is 15.8 Å². The molecular formula is C14H18N4O2S. The summed E-state index contributed by atoms with van der Waals surface area (Å²) in [6.07, 6.45) is 0.277. The summed E-state index contributed by atoms with van der Waals surface area (Å²) in [5.41, 5.74) is 6.61. The van der Waals surface area contributed by atoms with Crippen molar-refractivity contribution >= 4 is 22.4 Å². The highest BCUT2D eigenvalue weighted by atomic mass is 32.1. The lowest BCUT2D eigenvalue weighted by Crippen LogP contribution is -2.14. The fourth-order valence-corrected chi connectivity index (χ4v) is 2.40. The number of carbonyl (C=O) groups is 1. The van der Waals surface area contributed by atoms with Crippen LogP contribution in [0.4, 0.5) is 5.13 Å². The van der Waals surface area contributed by atoms with Crippen LogP contribution < -0.4 is 15.8 Å². The number of benzene rings is 1. The molecule has 0 bridgehead atoms. The number of nitrogens with two attached hydrogens (primary N) is 1. The molecule has 0 saturated carbocycles. The first kappa shape index (κ1) is 15.4. The van der Waals surface area contributed by atoms with Crippen LogP contribution in [0.5, 0.6) is 5.75 Å². The molecule has 0 fully saturated rings. The first-order chi connectivity index (χ1) is 10.1. The Morgan fingerprint density at radius 2 is 2.10 bits per heavy atom. The first-order valence-corrected chi connectivity index (χ1v) is 7.50. The molecule has 0 spiro atoms. The van der Waals surface area contributed by atoms with Gasteiger partial charge in [0, 0.05) is 0 Å². The number of aromatic nitrogens is 2. The second-order valence-electron chi connectivity index (χ2n) is 4.54. The highest BCUT2D eigenvalue weighted by Crippen LogP contribution is 2.20. The SMILES string of the molecule is CCOc1ccc(CC(=O)Nc2nnc(C(C)N)s2)cc1. The van der Waals surface area contributed by atoms with Crippen LogP contribution in [0.2, 0.25) is 0 Å². The molecule has 3 N–H and O–H groups in total. The van der Waals surface area contributed by atoms with Crippen LogP contribution in [0.25, 0.3) is 0 Å². The molecule has 0 aliphatic rings. The van der Waals surface area contributed by atoms with Gasteiger partial charge in [-0.25, -0.2) is 0 Å². The zero-order valence-electron chi connectivity index (χ0n) is 12.0. The van der Waals surface area contributed by atoms with Crippen molar-refractivity contribution in [1.82, 2.24) is 10.2 Å². The van der Waals surface area contributed by atoms with Gasteiger partial charge in [-0.2, -0.15) is 0 Å². The summed E-state index contributed by atoms with van der Waals surface area (Å²) in [7, 11) is 0. The van der Waals surface area contributed by atoms with Crippen LogP contribution in [0.1, 0.15) is 30.5 Å². The first-order valence-electron chi connectivity index (χ1n) is 6.69. The van der Waals surface area contributed by atoms with Crippen molar-refractivity contribution in [2.75, 3.05) is 11.9 Å². The third kappa shape index (κ3) is 4.51. The number of ether oxygens (including phenoxy) is 1. The van der Waals surface area contributed by atoms with E-state index < -0.39 is 0 Å². The maximum absolute atomic E-state index is 11.9. The van der Waals surface area contributed by atoms with Gasteiger partial charge in [0.05, 0.1) is 19.1 Å². The third-order valence-corrected chi connectivity index (χ3v) is 3.72. The van der Waals surface area contributed by atoms with Crippen molar-refractivity contribution in [2.24, 2.45) is 5.73 Å². The molecule has 1 aromatic carbocycles. The lowest BCUT2D eigenvalue weighted by atomic mass is 10.1. The number of nitrogens with zero attached hydrogens (tertiary/aromatic N) is 2. The van der Waals surface area contributed by atoms with Gasteiger partial charge in [-0.15, -0.1) is 10.2 Å². The predicted octanol–water partition coefficient (Wildman–Crippen LogP) is 2.14. The van der Waals surface area contributed by atoms with E-state index in [0.717, 1.165) is 11.3 Å². The van der Waals surface area contributed by atoms with E-state index in [1.807, 2.05) is 38.1 Å². The average Bonchev–Trinajstić information content (AvgIpc) is 2.90. The summed E-state index contributed by atoms with van der Waals surface area (Å²) in [4.78, 5) is 11.9. The van der Waals surface area contributed by atoms with Gasteiger partial charge in [0.1, 0.15) is 10.8 Å². The van der Waals surface area contributed by atoms with E-state index in [1.54, 1.807) is 0 Å². The minimum absolute atomic E-state index is 0.133. The van der Waals surface area contributed by atoms with Crippen LogP contribution in [0, 0.1) is 0 Å². The molecule has 1 heterocycles. The Bertz CT molecular complexity index is 595. The van der Waals surface area contributed by atoms with Gasteiger partial charge in [0.25, 0.3) is 0 Å². The Morgan fingerprint density at radius 1 is 1.38 bits per heavy atom. The number of hydrogen-bond acceptors (Lipinski definition) is 6. The number of rotatable bonds is 6. The number of carbonyl (C=O) groups excluding carboxylic acids is 1. The fraction of sp³-hybridized carbons (Fsp3) is 0.357. The molecule has 21 heavy (non-hydrogen) atoms. The summed E-state index contributed by atoms with van der Waals surface area (Å²) < 4.78 is 5.36. The maximum atomic E-state index is 11.9. The second-order valence-corrected chi connectivity index (χ2v) is 5.55. The van der Waals surface area contributed by atoms with Crippen molar-refractivity contribution < 1.29 is 9.53 Å². The molecule has 0 aliphatic carbocycles. The predicted molar refractivity (Wildman–Crippen MR) is 82.5 cm³/mol. The van der Waals surface area contributed by atoms with Gasteiger partial charge in [-0.05, 0) is 31.5 Å². The summed E-state index contributed by atoms with van der Waals surface area (Å²) in [5, 5.41) is 11.7. The summed E-state index contributed by atoms with van der Waals surface area (Å²) in [6, 6.07) is 7.27. The molecule has 2 rings (SSSR count). The Labute approximate surface area is 127 Å². The summed E-state index contributed by atoms with van der Waals surface area (Å²) >= 11 is 1.29. The van der Waals surface area contributed by atoms with Gasteiger partial charge in [-0.1, -0.05) is 23.5 Å². The summed E-state index contributed by atoms with van der Waals surface area (Å²) in [5.74, 6) is 0.666. The van der Waals surface area contributed by atoms with Gasteiger partial charge in [0.15, 0.2) is 0 Å². The van der Waals surface area contributed by atoms with E-state index >= 15 is 0 Å². The van der Waals surface area contributed by atoms with Gasteiger partial charge >= 0.3 is 0 Å². The van der Waals surface area contributed by atoms with Crippen LogP contribution in [0.3, 0.4) is 0 Å². The van der Waals surface area contributed by atoms with Crippen LogP contribution in [-0.4, -0.2) is 22.7 Å². The molecule has 0 radical (unpaired) electrons. The highest BCUT2D eigenvalue weighted by Gasteiger charge is 2.11. The minimum atomic E-state index is -0.181. The topological polar surface area (TPSA) is 90.1 Å². The quantitative estimate of drug-likeness (QED) is 0.853. The molecule has 7 heteroatoms. The van der Waals surface area contributed by atoms with E-state index in [2.05, 4.69) is 15.5 Å². The van der Waals surface area contributed by atoms with Crippen LogP contribution >= 0.6 is 11.3 Å². The zero-order chi connectivity index (χ0) is 15.2.